The van der Waals surface area contributed by atoms with Crippen molar-refractivity contribution in [2.24, 2.45) is 5.10 Å². The Kier molecular flexibility index (Phi) is 7.20. The number of nitrogens with one attached hydrogen (secondary N) is 1. The largest absolute Gasteiger partial charge is 0.493 e. The molecule has 0 saturated carbocycles. The topological polar surface area (TPSA) is 77.0 Å². The van der Waals surface area contributed by atoms with Crippen LogP contribution < -0.4 is 14.3 Å². The van der Waals surface area contributed by atoms with Crippen LogP contribution in [0.2, 0.25) is 10.0 Å². The summed E-state index contributed by atoms with van der Waals surface area (Å²) in [6.07, 6.45) is 1.37. The molecule has 0 heterocycles. The smallest absolute Gasteiger partial charge is 0.276 e. The molecule has 30 heavy (non-hydrogen) atoms. The summed E-state index contributed by atoms with van der Waals surface area (Å²) in [5, 5.41) is 4.92. The highest BCUT2D eigenvalue weighted by molar-refractivity contribution is 7.89. The average molecular weight is 465 g/mol. The Morgan fingerprint density at radius 3 is 2.20 bits per heavy atom. The fourth-order valence-electron chi connectivity index (χ4n) is 2.46. The molecule has 156 valence electrons. The molecule has 0 amide bonds. The number of halogens is 2. The maximum absolute atomic E-state index is 12.2. The minimum Gasteiger partial charge on any atom is -0.493 e. The molecule has 0 aromatic heterocycles. The molecule has 3 aromatic rings. The van der Waals surface area contributed by atoms with Gasteiger partial charge in [-0.3, -0.25) is 0 Å². The highest BCUT2D eigenvalue weighted by Crippen LogP contribution is 2.28. The maximum atomic E-state index is 12.2. The number of rotatable bonds is 8. The Morgan fingerprint density at radius 1 is 0.933 bits per heavy atom. The molecule has 6 nitrogen and oxygen atoms in total. The van der Waals surface area contributed by atoms with Gasteiger partial charge in [-0.25, -0.2) is 4.83 Å². The predicted octanol–water partition coefficient (Wildman–Crippen LogP) is 4.89. The number of hydrazone groups is 1. The molecule has 0 radical (unpaired) electrons. The van der Waals surface area contributed by atoms with Crippen LogP contribution in [0.3, 0.4) is 0 Å². The molecular formula is C21H18Cl2N2O4S. The van der Waals surface area contributed by atoms with Crippen LogP contribution in [0.25, 0.3) is 0 Å². The number of hydrogen-bond donors (Lipinski definition) is 1. The van der Waals surface area contributed by atoms with Crippen molar-refractivity contribution in [1.82, 2.24) is 4.83 Å². The van der Waals surface area contributed by atoms with Gasteiger partial charge in [0.2, 0.25) is 0 Å². The fraction of sp³-hybridized carbons (Fsp3) is 0.0952. The lowest BCUT2D eigenvalue weighted by atomic mass is 10.2. The van der Waals surface area contributed by atoms with Crippen molar-refractivity contribution >= 4 is 39.4 Å². The van der Waals surface area contributed by atoms with Gasteiger partial charge in [-0.1, -0.05) is 35.3 Å². The van der Waals surface area contributed by atoms with Gasteiger partial charge in [0, 0.05) is 10.0 Å². The Labute approximate surface area is 185 Å². The van der Waals surface area contributed by atoms with Gasteiger partial charge in [-0.05, 0) is 65.7 Å². The summed E-state index contributed by atoms with van der Waals surface area (Å²) in [7, 11) is -2.26. The minimum absolute atomic E-state index is 0.0626. The number of ether oxygens (including phenoxy) is 2. The van der Waals surface area contributed by atoms with Crippen molar-refractivity contribution in [3.05, 3.63) is 87.9 Å². The Bertz CT molecular complexity index is 1130. The van der Waals surface area contributed by atoms with Gasteiger partial charge in [-0.2, -0.15) is 13.5 Å². The van der Waals surface area contributed by atoms with Crippen molar-refractivity contribution in [2.75, 3.05) is 7.11 Å². The van der Waals surface area contributed by atoms with E-state index in [4.69, 9.17) is 32.7 Å². The normalized spacial score (nSPS) is 11.4. The number of sulfonamides is 1. The quantitative estimate of drug-likeness (QED) is 0.380. The van der Waals surface area contributed by atoms with Crippen LogP contribution >= 0.6 is 23.2 Å². The second-order valence-electron chi connectivity index (χ2n) is 6.13. The van der Waals surface area contributed by atoms with Gasteiger partial charge < -0.3 is 9.47 Å². The van der Waals surface area contributed by atoms with Crippen molar-refractivity contribution in [3.63, 3.8) is 0 Å². The van der Waals surface area contributed by atoms with Crippen molar-refractivity contribution in [2.45, 2.75) is 11.5 Å². The molecule has 0 aliphatic rings. The molecule has 0 fully saturated rings. The summed E-state index contributed by atoms with van der Waals surface area (Å²) in [5.74, 6) is 1.04. The summed E-state index contributed by atoms with van der Waals surface area (Å²) in [6, 6.07) is 18.3. The molecule has 0 spiro atoms. The minimum atomic E-state index is -3.79. The Balaban J connectivity index is 1.66. The van der Waals surface area contributed by atoms with Crippen LogP contribution in [-0.4, -0.2) is 21.7 Å². The average Bonchev–Trinajstić information content (AvgIpc) is 2.74. The standard InChI is InChI=1S/C21H18Cl2N2O4S/c1-28-21-12-16(4-11-20(21)29-14-15-2-5-17(22)6-3-15)13-24-25-30(26,27)19-9-7-18(23)8-10-19/h2-13,25H,14H2,1H3. The van der Waals surface area contributed by atoms with Gasteiger partial charge in [-0.15, -0.1) is 0 Å². The molecule has 0 aliphatic carbocycles. The second-order valence-corrected chi connectivity index (χ2v) is 8.67. The summed E-state index contributed by atoms with van der Waals surface area (Å²) in [5.41, 5.74) is 1.59. The lowest BCUT2D eigenvalue weighted by Crippen LogP contribution is -2.18. The first-order chi connectivity index (χ1) is 14.4. The SMILES string of the molecule is COc1cc(C=NNS(=O)(=O)c2ccc(Cl)cc2)ccc1OCc1ccc(Cl)cc1. The predicted molar refractivity (Wildman–Crippen MR) is 118 cm³/mol. The number of hydrogen-bond acceptors (Lipinski definition) is 5. The third-order valence-corrected chi connectivity index (χ3v) is 5.75. The summed E-state index contributed by atoms with van der Waals surface area (Å²) < 4.78 is 35.6. The molecule has 3 rings (SSSR count). The van der Waals surface area contributed by atoms with E-state index in [-0.39, 0.29) is 4.90 Å². The maximum Gasteiger partial charge on any atom is 0.276 e. The highest BCUT2D eigenvalue weighted by Gasteiger charge is 2.12. The van der Waals surface area contributed by atoms with Crippen molar-refractivity contribution in [1.29, 1.82) is 0 Å². The molecule has 0 unspecified atom stereocenters. The van der Waals surface area contributed by atoms with Gasteiger partial charge in [0.1, 0.15) is 6.61 Å². The van der Waals surface area contributed by atoms with Crippen molar-refractivity contribution < 1.29 is 17.9 Å². The highest BCUT2D eigenvalue weighted by atomic mass is 35.5. The molecule has 0 saturated heterocycles. The second kappa shape index (κ2) is 9.84. The van der Waals surface area contributed by atoms with E-state index < -0.39 is 10.0 Å². The van der Waals surface area contributed by atoms with E-state index in [1.165, 1.54) is 37.6 Å². The lowest BCUT2D eigenvalue weighted by molar-refractivity contribution is 0.284. The van der Waals surface area contributed by atoms with Crippen LogP contribution in [0.4, 0.5) is 0 Å². The summed E-state index contributed by atoms with van der Waals surface area (Å²) >= 11 is 11.7. The Hall–Kier alpha value is -2.74. The van der Waals surface area contributed by atoms with Gasteiger partial charge in [0.05, 0.1) is 18.2 Å². The first kappa shape index (κ1) is 22.0. The molecule has 9 heteroatoms. The first-order valence-electron chi connectivity index (χ1n) is 8.73. The Morgan fingerprint density at radius 2 is 1.57 bits per heavy atom. The van der Waals surface area contributed by atoms with E-state index in [2.05, 4.69) is 9.93 Å². The van der Waals surface area contributed by atoms with E-state index in [0.29, 0.717) is 33.7 Å². The first-order valence-corrected chi connectivity index (χ1v) is 11.0. The van der Waals surface area contributed by atoms with Crippen LogP contribution in [0, 0.1) is 0 Å². The number of methoxy groups -OCH3 is 1. The van der Waals surface area contributed by atoms with Gasteiger partial charge in [0.25, 0.3) is 10.0 Å². The number of benzene rings is 3. The summed E-state index contributed by atoms with van der Waals surface area (Å²) in [6.45, 7) is 0.349. The number of nitrogens with zero attached hydrogens (tertiary/aromatic N) is 1. The van der Waals surface area contributed by atoms with Gasteiger partial charge >= 0.3 is 0 Å². The zero-order valence-corrected chi connectivity index (χ0v) is 18.2. The molecule has 0 aliphatic heterocycles. The zero-order valence-electron chi connectivity index (χ0n) is 15.9. The van der Waals surface area contributed by atoms with E-state index in [0.717, 1.165) is 5.56 Å². The van der Waals surface area contributed by atoms with E-state index >= 15 is 0 Å². The zero-order chi connectivity index (χ0) is 21.6. The molecule has 0 bridgehead atoms. The van der Waals surface area contributed by atoms with Crippen LogP contribution in [0.5, 0.6) is 11.5 Å². The molecular weight excluding hydrogens is 447 g/mol. The van der Waals surface area contributed by atoms with E-state index in [1.54, 1.807) is 30.3 Å². The monoisotopic (exact) mass is 464 g/mol. The van der Waals surface area contributed by atoms with E-state index in [1.807, 2.05) is 12.1 Å². The van der Waals surface area contributed by atoms with Crippen LogP contribution in [0.1, 0.15) is 11.1 Å². The summed E-state index contributed by atoms with van der Waals surface area (Å²) in [4.78, 5) is 2.22. The lowest BCUT2D eigenvalue weighted by Gasteiger charge is -2.11. The third-order valence-electron chi connectivity index (χ3n) is 4.01. The fourth-order valence-corrected chi connectivity index (χ4v) is 3.51. The van der Waals surface area contributed by atoms with Crippen molar-refractivity contribution in [3.8, 4) is 11.5 Å². The van der Waals surface area contributed by atoms with Gasteiger partial charge in [0.15, 0.2) is 11.5 Å². The molecule has 0 atom stereocenters. The van der Waals surface area contributed by atoms with E-state index in [9.17, 15) is 8.42 Å². The van der Waals surface area contributed by atoms with Crippen LogP contribution in [-0.2, 0) is 16.6 Å². The molecule has 1 N–H and O–H groups in total. The third kappa shape index (κ3) is 5.89. The molecule has 3 aromatic carbocycles. The van der Waals surface area contributed by atoms with Crippen LogP contribution in [0.15, 0.2) is 76.7 Å².